The molecule has 4 nitrogen and oxygen atoms in total. The summed E-state index contributed by atoms with van der Waals surface area (Å²) in [5.41, 5.74) is 3.73. The summed E-state index contributed by atoms with van der Waals surface area (Å²) < 4.78 is 14.9. The number of benzene rings is 3. The largest absolute Gasteiger partial charge is 0.355 e. The topological polar surface area (TPSA) is 54.4 Å². The van der Waals surface area contributed by atoms with Crippen LogP contribution in [0.25, 0.3) is 10.2 Å². The van der Waals surface area contributed by atoms with Crippen LogP contribution in [0.2, 0.25) is 0 Å². The summed E-state index contributed by atoms with van der Waals surface area (Å²) in [6, 6.07) is 22.1. The fourth-order valence-corrected chi connectivity index (χ4v) is 4.83. The second-order valence-electron chi connectivity index (χ2n) is 6.82. The number of halogens is 1. The fraction of sp³-hybridized carbons (Fsp3) is 0.125. The molecule has 0 saturated heterocycles. The normalized spacial score (nSPS) is 11.3. The van der Waals surface area contributed by atoms with E-state index in [0.29, 0.717) is 12.3 Å². The van der Waals surface area contributed by atoms with Crippen molar-refractivity contribution >= 4 is 51.1 Å². The van der Waals surface area contributed by atoms with E-state index in [1.807, 2.05) is 36.4 Å². The molecule has 0 radical (unpaired) electrons. The lowest BCUT2D eigenvalue weighted by molar-refractivity contribution is -0.118. The van der Waals surface area contributed by atoms with Crippen LogP contribution in [0, 0.1) is 5.82 Å². The highest BCUT2D eigenvalue weighted by Gasteiger charge is 2.08. The first-order valence-corrected chi connectivity index (χ1v) is 11.6. The lowest BCUT2D eigenvalue weighted by atomic mass is 10.1. The van der Waals surface area contributed by atoms with Crippen LogP contribution < -0.4 is 5.32 Å². The molecule has 156 valence electrons. The van der Waals surface area contributed by atoms with Crippen LogP contribution in [0.3, 0.4) is 0 Å². The van der Waals surface area contributed by atoms with Gasteiger partial charge in [0.15, 0.2) is 4.34 Å². The Bertz CT molecular complexity index is 1190. The van der Waals surface area contributed by atoms with Gasteiger partial charge in [-0.15, -0.1) is 11.3 Å². The van der Waals surface area contributed by atoms with E-state index < -0.39 is 0 Å². The minimum atomic E-state index is -0.266. The molecule has 0 saturated carbocycles. The number of hydrogen-bond donors (Lipinski definition) is 1. The van der Waals surface area contributed by atoms with Crippen LogP contribution in [0.1, 0.15) is 11.1 Å². The van der Waals surface area contributed by atoms with Gasteiger partial charge in [-0.1, -0.05) is 54.2 Å². The van der Waals surface area contributed by atoms with Crippen molar-refractivity contribution in [3.05, 3.63) is 89.7 Å². The number of nitrogens with one attached hydrogen (secondary N) is 1. The summed E-state index contributed by atoms with van der Waals surface area (Å²) >= 11 is 2.99. The van der Waals surface area contributed by atoms with E-state index in [0.717, 1.165) is 32.2 Å². The molecule has 4 aromatic rings. The smallest absolute Gasteiger partial charge is 0.230 e. The maximum atomic E-state index is 13.0. The Labute approximate surface area is 188 Å². The third-order valence-corrected chi connectivity index (χ3v) is 6.65. The van der Waals surface area contributed by atoms with Crippen molar-refractivity contribution in [3.63, 3.8) is 0 Å². The first-order valence-electron chi connectivity index (χ1n) is 9.79. The molecule has 0 atom stereocenters. The highest BCUT2D eigenvalue weighted by molar-refractivity contribution is 8.01. The van der Waals surface area contributed by atoms with Gasteiger partial charge in [0, 0.05) is 12.8 Å². The predicted octanol–water partition coefficient (Wildman–Crippen LogP) is 5.64. The molecule has 0 aliphatic heterocycles. The Morgan fingerprint density at radius 1 is 1.10 bits per heavy atom. The monoisotopic (exact) mass is 449 g/mol. The van der Waals surface area contributed by atoms with Gasteiger partial charge in [-0.3, -0.25) is 9.79 Å². The summed E-state index contributed by atoms with van der Waals surface area (Å²) in [5.74, 6) is 0.0763. The molecule has 0 unspecified atom stereocenters. The van der Waals surface area contributed by atoms with Gasteiger partial charge in [0.05, 0.1) is 21.7 Å². The van der Waals surface area contributed by atoms with Crippen LogP contribution in [0.15, 0.2) is 82.1 Å². The molecular formula is C24H20FN3OS2. The average molecular weight is 450 g/mol. The third-order valence-electron chi connectivity index (χ3n) is 4.49. The van der Waals surface area contributed by atoms with E-state index >= 15 is 0 Å². The molecular weight excluding hydrogens is 429 g/mol. The number of hydrogen-bond acceptors (Lipinski definition) is 5. The number of aromatic nitrogens is 1. The number of amides is 1. The lowest BCUT2D eigenvalue weighted by Gasteiger charge is -2.04. The number of thiazole rings is 1. The SMILES string of the molecule is O=C(CSc1nc2ccc(N=Cc3ccc(F)cc3)cc2s1)NCCc1ccccc1. The zero-order chi connectivity index (χ0) is 21.5. The molecule has 0 aliphatic rings. The van der Waals surface area contributed by atoms with Crippen molar-refractivity contribution in [1.82, 2.24) is 10.3 Å². The number of nitrogens with zero attached hydrogens (tertiary/aromatic N) is 2. The number of fused-ring (bicyclic) bond motifs is 1. The Hall–Kier alpha value is -3.03. The van der Waals surface area contributed by atoms with Gasteiger partial charge in [-0.25, -0.2) is 9.37 Å². The molecule has 3 aromatic carbocycles. The van der Waals surface area contributed by atoms with Crippen molar-refractivity contribution in [1.29, 1.82) is 0 Å². The molecule has 0 aliphatic carbocycles. The third kappa shape index (κ3) is 6.23. The van der Waals surface area contributed by atoms with Gasteiger partial charge in [-0.05, 0) is 47.9 Å². The van der Waals surface area contributed by atoms with E-state index in [9.17, 15) is 9.18 Å². The first kappa shape index (κ1) is 21.2. The van der Waals surface area contributed by atoms with E-state index in [2.05, 4.69) is 27.4 Å². The first-order chi connectivity index (χ1) is 15.2. The summed E-state index contributed by atoms with van der Waals surface area (Å²) in [7, 11) is 0. The quantitative estimate of drug-likeness (QED) is 0.280. The molecule has 0 fully saturated rings. The van der Waals surface area contributed by atoms with Crippen molar-refractivity contribution in [2.75, 3.05) is 12.3 Å². The molecule has 1 heterocycles. The van der Waals surface area contributed by atoms with Crippen molar-refractivity contribution in [3.8, 4) is 0 Å². The number of aliphatic imine (C=N–C) groups is 1. The molecule has 1 N–H and O–H groups in total. The Balaban J connectivity index is 1.30. The molecule has 0 spiro atoms. The van der Waals surface area contributed by atoms with Crippen LogP contribution in [0.5, 0.6) is 0 Å². The van der Waals surface area contributed by atoms with Gasteiger partial charge in [0.25, 0.3) is 0 Å². The molecule has 7 heteroatoms. The van der Waals surface area contributed by atoms with E-state index in [1.54, 1.807) is 29.7 Å². The zero-order valence-corrected chi connectivity index (χ0v) is 18.3. The van der Waals surface area contributed by atoms with Crippen molar-refractivity contribution in [2.45, 2.75) is 10.8 Å². The second kappa shape index (κ2) is 10.3. The Morgan fingerprint density at radius 2 is 1.90 bits per heavy atom. The molecule has 31 heavy (non-hydrogen) atoms. The minimum absolute atomic E-state index is 0.00442. The summed E-state index contributed by atoms with van der Waals surface area (Å²) in [5, 5.41) is 2.95. The number of rotatable bonds is 8. The van der Waals surface area contributed by atoms with Crippen molar-refractivity contribution in [2.24, 2.45) is 4.99 Å². The van der Waals surface area contributed by atoms with Crippen LogP contribution in [0.4, 0.5) is 10.1 Å². The number of carbonyl (C=O) groups is 1. The highest BCUT2D eigenvalue weighted by atomic mass is 32.2. The van der Waals surface area contributed by atoms with E-state index in [1.165, 1.54) is 29.5 Å². The van der Waals surface area contributed by atoms with E-state index in [4.69, 9.17) is 0 Å². The minimum Gasteiger partial charge on any atom is -0.355 e. The van der Waals surface area contributed by atoms with Gasteiger partial charge in [-0.2, -0.15) is 0 Å². The van der Waals surface area contributed by atoms with Gasteiger partial charge >= 0.3 is 0 Å². The van der Waals surface area contributed by atoms with Crippen LogP contribution in [-0.4, -0.2) is 29.4 Å². The summed E-state index contributed by atoms with van der Waals surface area (Å²) in [4.78, 5) is 21.2. The van der Waals surface area contributed by atoms with E-state index in [-0.39, 0.29) is 11.7 Å². The number of carbonyl (C=O) groups excluding carboxylic acids is 1. The maximum Gasteiger partial charge on any atom is 0.230 e. The second-order valence-corrected chi connectivity index (χ2v) is 9.07. The lowest BCUT2D eigenvalue weighted by Crippen LogP contribution is -2.27. The van der Waals surface area contributed by atoms with Crippen LogP contribution in [-0.2, 0) is 11.2 Å². The fourth-order valence-electron chi connectivity index (χ4n) is 2.90. The summed E-state index contributed by atoms with van der Waals surface area (Å²) in [6.45, 7) is 0.624. The van der Waals surface area contributed by atoms with Gasteiger partial charge in [0.2, 0.25) is 5.91 Å². The standard InChI is InChI=1S/C24H20FN3OS2/c25-19-8-6-18(7-9-19)15-27-20-10-11-21-22(14-20)31-24(28-21)30-16-23(29)26-13-12-17-4-2-1-3-5-17/h1-11,14-15H,12-13,16H2,(H,26,29). The molecule has 4 rings (SSSR count). The van der Waals surface area contributed by atoms with Crippen molar-refractivity contribution < 1.29 is 9.18 Å². The Morgan fingerprint density at radius 3 is 2.71 bits per heavy atom. The highest BCUT2D eigenvalue weighted by Crippen LogP contribution is 2.31. The zero-order valence-electron chi connectivity index (χ0n) is 16.6. The molecule has 1 amide bonds. The Kier molecular flexibility index (Phi) is 7.07. The maximum absolute atomic E-state index is 13.0. The average Bonchev–Trinajstić information content (AvgIpc) is 3.20. The van der Waals surface area contributed by atoms with Gasteiger partial charge in [0.1, 0.15) is 5.82 Å². The number of thioether (sulfide) groups is 1. The van der Waals surface area contributed by atoms with Gasteiger partial charge < -0.3 is 5.32 Å². The molecule has 1 aromatic heterocycles. The summed E-state index contributed by atoms with van der Waals surface area (Å²) in [6.07, 6.45) is 2.52. The van der Waals surface area contributed by atoms with Crippen LogP contribution >= 0.6 is 23.1 Å². The molecule has 0 bridgehead atoms. The predicted molar refractivity (Wildman–Crippen MR) is 127 cm³/mol.